The van der Waals surface area contributed by atoms with Gasteiger partial charge in [-0.05, 0) is 24.3 Å². The molecule has 0 saturated heterocycles. The maximum absolute atomic E-state index is 5.03. The van der Waals surface area contributed by atoms with E-state index < -0.39 is 26.4 Å². The van der Waals surface area contributed by atoms with Crippen LogP contribution in [0.25, 0.3) is 43.6 Å². The van der Waals surface area contributed by atoms with E-state index in [1.165, 1.54) is 0 Å². The van der Waals surface area contributed by atoms with Gasteiger partial charge in [0.05, 0.1) is 46.9 Å². The van der Waals surface area contributed by atoms with Crippen molar-refractivity contribution in [1.29, 1.82) is 0 Å². The molecule has 8 aromatic rings. The van der Waals surface area contributed by atoms with Gasteiger partial charge in [-0.25, -0.2) is 0 Å². The van der Waals surface area contributed by atoms with Crippen LogP contribution < -0.4 is 0 Å². The number of aromatic nitrogens is 8. The van der Waals surface area contributed by atoms with E-state index in [1.807, 2.05) is 122 Å². The third-order valence-electron chi connectivity index (χ3n) is 5.40. The van der Waals surface area contributed by atoms with Crippen molar-refractivity contribution >= 4 is 128 Å². The predicted molar refractivity (Wildman–Crippen MR) is 191 cm³/mol. The maximum Gasteiger partial charge on any atom is 0.0650 e. The fourth-order valence-corrected chi connectivity index (χ4v) is 3.53. The van der Waals surface area contributed by atoms with Gasteiger partial charge in [-0.3, -0.25) is 20.4 Å². The number of nitrogens with zero attached hydrogens (tertiary/aromatic N) is 4. The summed E-state index contributed by atoms with van der Waals surface area (Å²) in [5.41, 5.74) is 4.38. The zero-order chi connectivity index (χ0) is 31.6. The van der Waals surface area contributed by atoms with Gasteiger partial charge in [0, 0.05) is 21.5 Å². The first-order valence-electron chi connectivity index (χ1n) is 12.7. The minimum atomic E-state index is -3.24. The Bertz CT molecular complexity index is 1530. The second-order valence-electron chi connectivity index (χ2n) is 8.41. The fourth-order valence-electron chi connectivity index (χ4n) is 3.53. The van der Waals surface area contributed by atoms with Gasteiger partial charge in [0.1, 0.15) is 0 Å². The molecule has 0 amide bonds. The van der Waals surface area contributed by atoms with E-state index in [1.54, 1.807) is 0 Å². The summed E-state index contributed by atoms with van der Waals surface area (Å²) in [6.45, 7) is 0. The first kappa shape index (κ1) is 36.2. The summed E-state index contributed by atoms with van der Waals surface area (Å²) in [6, 6.07) is 32.1. The normalized spacial score (nSPS) is 9.95. The van der Waals surface area contributed by atoms with E-state index in [4.69, 9.17) is 57.8 Å². The zero-order valence-electron chi connectivity index (χ0n) is 22.8. The SMILES string of the molecule is [Cl][Ga+][Cl].[Cl][Ga-]([Cl])([Cl])[Cl].c1ccc2[nH]ncc2c1.c1ccc2[nH]ncc2c1.c1ccc2[nH]ncc2c1.c1ccc2[nH]ncc2c1. The van der Waals surface area contributed by atoms with Crippen LogP contribution in [0.2, 0.25) is 0 Å². The quantitative estimate of drug-likeness (QED) is 0.114. The summed E-state index contributed by atoms with van der Waals surface area (Å²) in [5.74, 6) is 0. The summed E-state index contributed by atoms with van der Waals surface area (Å²) in [5, 5.41) is 31.6. The molecule has 0 spiro atoms. The first-order chi connectivity index (χ1) is 21.3. The Hall–Kier alpha value is -2.23. The van der Waals surface area contributed by atoms with E-state index in [2.05, 4.69) is 40.8 Å². The summed E-state index contributed by atoms with van der Waals surface area (Å²) >= 11 is -3.98. The number of fused-ring (bicyclic) bond motifs is 4. The zero-order valence-corrected chi connectivity index (χ0v) is 32.1. The minimum Gasteiger partial charge on any atom is -0.278 e. The molecule has 4 N–H and O–H groups in total. The molecule has 0 aliphatic carbocycles. The number of hydrogen-bond acceptors (Lipinski definition) is 4. The first-order valence-corrected chi connectivity index (χ1v) is 31.8. The van der Waals surface area contributed by atoms with Crippen LogP contribution in [0.5, 0.6) is 0 Å². The number of aromatic amines is 4. The van der Waals surface area contributed by atoms with Gasteiger partial charge >= 0.3 is 84.3 Å². The van der Waals surface area contributed by atoms with Gasteiger partial charge in [0.25, 0.3) is 0 Å². The van der Waals surface area contributed by atoms with E-state index in [9.17, 15) is 0 Å². The third-order valence-corrected chi connectivity index (χ3v) is 5.40. The molecule has 0 fully saturated rings. The van der Waals surface area contributed by atoms with Crippen LogP contribution in [-0.4, -0.2) is 67.2 Å². The molecule has 0 unspecified atom stereocenters. The van der Waals surface area contributed by atoms with Crippen molar-refractivity contribution in [2.45, 2.75) is 0 Å². The van der Waals surface area contributed by atoms with Gasteiger partial charge in [0.2, 0.25) is 0 Å². The molecule has 224 valence electrons. The Kier molecular flexibility index (Phi) is 16.5. The molecular formula is C28H24Cl6Ga2N8. The molecule has 0 aliphatic rings. The summed E-state index contributed by atoms with van der Waals surface area (Å²) < 4.78 is 0. The average molecular weight is 825 g/mol. The Labute approximate surface area is 287 Å². The van der Waals surface area contributed by atoms with Crippen molar-refractivity contribution in [3.05, 3.63) is 122 Å². The molecule has 0 aliphatic heterocycles. The summed E-state index contributed by atoms with van der Waals surface area (Å²) in [7, 11) is 30.0. The summed E-state index contributed by atoms with van der Waals surface area (Å²) in [6.07, 6.45) is 7.26. The third kappa shape index (κ3) is 13.8. The molecule has 16 heteroatoms. The molecule has 8 nitrogen and oxygen atoms in total. The topological polar surface area (TPSA) is 115 Å². The van der Waals surface area contributed by atoms with Crippen LogP contribution >= 0.6 is 57.8 Å². The molecule has 0 saturated carbocycles. The Morgan fingerprint density at radius 3 is 0.773 bits per heavy atom. The molecule has 4 heterocycles. The number of benzene rings is 4. The monoisotopic (exact) mass is 820 g/mol. The number of hydrogen-bond donors (Lipinski definition) is 4. The van der Waals surface area contributed by atoms with Gasteiger partial charge in [-0.1, -0.05) is 72.8 Å². The largest absolute Gasteiger partial charge is 0.278 e. The molecule has 4 aromatic carbocycles. The number of H-pyrrole nitrogens is 4. The van der Waals surface area contributed by atoms with E-state index in [0.717, 1.165) is 43.6 Å². The van der Waals surface area contributed by atoms with Gasteiger partial charge < -0.3 is 0 Å². The molecule has 0 radical (unpaired) electrons. The van der Waals surface area contributed by atoms with E-state index >= 15 is 0 Å². The van der Waals surface area contributed by atoms with Gasteiger partial charge in [-0.2, -0.15) is 20.4 Å². The molecule has 8 rings (SSSR count). The molecular weight excluding hydrogens is 801 g/mol. The summed E-state index contributed by atoms with van der Waals surface area (Å²) in [4.78, 5) is 0. The van der Waals surface area contributed by atoms with Crippen molar-refractivity contribution in [3.8, 4) is 0 Å². The second kappa shape index (κ2) is 20.0. The van der Waals surface area contributed by atoms with Crippen molar-refractivity contribution in [2.75, 3.05) is 0 Å². The molecule has 0 atom stereocenters. The number of nitrogens with one attached hydrogen (secondary N) is 4. The van der Waals surface area contributed by atoms with Gasteiger partial charge in [-0.15, -0.1) is 0 Å². The van der Waals surface area contributed by atoms with E-state index in [0.29, 0.717) is 0 Å². The second-order valence-corrected chi connectivity index (χ2v) is 34.8. The van der Waals surface area contributed by atoms with Crippen LogP contribution in [0, 0.1) is 0 Å². The van der Waals surface area contributed by atoms with E-state index in [-0.39, 0.29) is 0 Å². The minimum absolute atomic E-state index is 0.743. The van der Waals surface area contributed by atoms with Crippen LogP contribution in [0.15, 0.2) is 122 Å². The Morgan fingerprint density at radius 1 is 0.409 bits per heavy atom. The van der Waals surface area contributed by atoms with Gasteiger partial charge in [0.15, 0.2) is 0 Å². The number of para-hydroxylation sites is 4. The van der Waals surface area contributed by atoms with Crippen LogP contribution in [0.4, 0.5) is 0 Å². The standard InChI is InChI=1S/4C7H6N2.6ClH.2Ga/c4*1-2-4-7-6(3-1)5-8-9-7;;;;;;;;/h4*1-5H,(H,8,9);6*1H;;/q;;;;;;;;;;2*+3/p-6. The van der Waals surface area contributed by atoms with Crippen molar-refractivity contribution in [3.63, 3.8) is 0 Å². The van der Waals surface area contributed by atoms with Crippen LogP contribution in [0.1, 0.15) is 0 Å². The average Bonchev–Trinajstić information content (AvgIpc) is 3.84. The maximum atomic E-state index is 5.03. The molecule has 4 aromatic heterocycles. The smallest absolute Gasteiger partial charge is 0.0650 e. The van der Waals surface area contributed by atoms with Crippen molar-refractivity contribution in [1.82, 2.24) is 40.8 Å². The molecule has 44 heavy (non-hydrogen) atoms. The fraction of sp³-hybridized carbons (Fsp3) is 0. The van der Waals surface area contributed by atoms with Crippen LogP contribution in [-0.2, 0) is 0 Å². The van der Waals surface area contributed by atoms with Crippen LogP contribution in [0.3, 0.4) is 0 Å². The Morgan fingerprint density at radius 2 is 0.591 bits per heavy atom. The predicted octanol–water partition coefficient (Wildman–Crippen LogP) is 9.63. The number of halogens is 6. The van der Waals surface area contributed by atoms with Crippen molar-refractivity contribution in [2.24, 2.45) is 0 Å². The molecule has 0 bridgehead atoms. The Balaban J connectivity index is 0.000000149. The van der Waals surface area contributed by atoms with Crippen molar-refractivity contribution < 1.29 is 0 Å². The number of rotatable bonds is 0.